The van der Waals surface area contributed by atoms with E-state index in [1.165, 1.54) is 17.4 Å². The van der Waals surface area contributed by atoms with Gasteiger partial charge in [-0.1, -0.05) is 12.1 Å². The lowest BCUT2D eigenvalue weighted by molar-refractivity contribution is 0.0844. The molecule has 0 bridgehead atoms. The zero-order chi connectivity index (χ0) is 17.6. The third kappa shape index (κ3) is 4.12. The molecule has 0 spiro atoms. The summed E-state index contributed by atoms with van der Waals surface area (Å²) in [5.41, 5.74) is 5.76. The van der Waals surface area contributed by atoms with Crippen LogP contribution in [-0.4, -0.2) is 22.7 Å². The van der Waals surface area contributed by atoms with Gasteiger partial charge in [-0.25, -0.2) is 0 Å². The summed E-state index contributed by atoms with van der Waals surface area (Å²) in [6.45, 7) is 0. The molecule has 2 heterocycles. The van der Waals surface area contributed by atoms with E-state index in [1.54, 1.807) is 48.7 Å². The van der Waals surface area contributed by atoms with Crippen LogP contribution in [0.2, 0.25) is 0 Å². The highest BCUT2D eigenvalue weighted by atomic mass is 32.1. The molecule has 7 nitrogen and oxygen atoms in total. The lowest BCUT2D eigenvalue weighted by Gasteiger charge is -2.08. The first-order valence-corrected chi connectivity index (χ1v) is 8.20. The maximum atomic E-state index is 12.1. The predicted octanol–water partition coefficient (Wildman–Crippen LogP) is 2.40. The van der Waals surface area contributed by atoms with Gasteiger partial charge in [0, 0.05) is 17.4 Å². The Hall–Kier alpha value is -3.39. The number of hydrazine groups is 1. The molecule has 0 saturated carbocycles. The minimum absolute atomic E-state index is 0.243. The Bertz CT molecular complexity index is 889. The van der Waals surface area contributed by atoms with Gasteiger partial charge in [0.05, 0.1) is 4.88 Å². The average Bonchev–Trinajstić information content (AvgIpc) is 3.33. The van der Waals surface area contributed by atoms with Crippen molar-refractivity contribution in [1.82, 2.24) is 15.8 Å². The number of anilines is 1. The second-order valence-corrected chi connectivity index (χ2v) is 5.95. The summed E-state index contributed by atoms with van der Waals surface area (Å²) in [4.78, 5) is 39.3. The molecule has 0 fully saturated rings. The van der Waals surface area contributed by atoms with Crippen LogP contribution in [0.3, 0.4) is 0 Å². The molecule has 1 aromatic carbocycles. The number of hydrogen-bond acceptors (Lipinski definition) is 4. The Labute approximate surface area is 147 Å². The van der Waals surface area contributed by atoms with Gasteiger partial charge in [-0.3, -0.25) is 25.2 Å². The molecule has 126 valence electrons. The minimum atomic E-state index is -0.493. The Balaban J connectivity index is 1.61. The van der Waals surface area contributed by atoms with Gasteiger partial charge < -0.3 is 10.3 Å². The monoisotopic (exact) mass is 354 g/mol. The van der Waals surface area contributed by atoms with Crippen molar-refractivity contribution < 1.29 is 14.4 Å². The molecule has 0 atom stereocenters. The van der Waals surface area contributed by atoms with E-state index in [4.69, 9.17) is 0 Å². The number of H-pyrrole nitrogens is 1. The highest BCUT2D eigenvalue weighted by molar-refractivity contribution is 7.12. The largest absolute Gasteiger partial charge is 0.357 e. The molecule has 0 radical (unpaired) electrons. The first kappa shape index (κ1) is 16.5. The normalized spacial score (nSPS) is 10.1. The fraction of sp³-hybridized carbons (Fsp3) is 0. The Morgan fingerprint density at radius 2 is 1.72 bits per heavy atom. The van der Waals surface area contributed by atoms with Crippen LogP contribution in [0.15, 0.2) is 60.1 Å². The van der Waals surface area contributed by atoms with Crippen molar-refractivity contribution >= 4 is 34.7 Å². The van der Waals surface area contributed by atoms with Crippen molar-refractivity contribution in [2.24, 2.45) is 0 Å². The number of nitrogens with one attached hydrogen (secondary N) is 4. The highest BCUT2D eigenvalue weighted by Gasteiger charge is 2.11. The summed E-state index contributed by atoms with van der Waals surface area (Å²) in [6, 6.07) is 13.2. The van der Waals surface area contributed by atoms with Gasteiger partial charge in [0.25, 0.3) is 17.7 Å². The zero-order valence-corrected chi connectivity index (χ0v) is 13.7. The molecule has 0 aliphatic heterocycles. The molecule has 0 aliphatic rings. The van der Waals surface area contributed by atoms with E-state index in [2.05, 4.69) is 21.2 Å². The molecule has 25 heavy (non-hydrogen) atoms. The van der Waals surface area contributed by atoms with Gasteiger partial charge >= 0.3 is 0 Å². The molecule has 2 aromatic heterocycles. The molecule has 3 amide bonds. The van der Waals surface area contributed by atoms with Crippen LogP contribution in [-0.2, 0) is 0 Å². The quantitative estimate of drug-likeness (QED) is 0.541. The minimum Gasteiger partial charge on any atom is -0.357 e. The second-order valence-electron chi connectivity index (χ2n) is 5.00. The lowest BCUT2D eigenvalue weighted by Crippen LogP contribution is -2.41. The molecule has 0 aliphatic carbocycles. The van der Waals surface area contributed by atoms with E-state index in [9.17, 15) is 14.4 Å². The van der Waals surface area contributed by atoms with Crippen LogP contribution in [0.5, 0.6) is 0 Å². The number of benzene rings is 1. The second kappa shape index (κ2) is 7.45. The third-order valence-electron chi connectivity index (χ3n) is 3.26. The van der Waals surface area contributed by atoms with Crippen LogP contribution >= 0.6 is 11.3 Å². The first-order chi connectivity index (χ1) is 12.1. The van der Waals surface area contributed by atoms with Crippen LogP contribution < -0.4 is 16.2 Å². The van der Waals surface area contributed by atoms with Crippen molar-refractivity contribution in [2.75, 3.05) is 5.32 Å². The van der Waals surface area contributed by atoms with Crippen LogP contribution in [0.1, 0.15) is 30.5 Å². The van der Waals surface area contributed by atoms with E-state index in [1.807, 2.05) is 5.38 Å². The first-order valence-electron chi connectivity index (χ1n) is 7.32. The van der Waals surface area contributed by atoms with Crippen molar-refractivity contribution in [3.05, 3.63) is 76.2 Å². The van der Waals surface area contributed by atoms with E-state index in [0.717, 1.165) is 0 Å². The van der Waals surface area contributed by atoms with Gasteiger partial charge in [0.2, 0.25) is 0 Å². The van der Waals surface area contributed by atoms with Gasteiger partial charge in [0.1, 0.15) is 5.69 Å². The molecule has 4 N–H and O–H groups in total. The topological polar surface area (TPSA) is 103 Å². The van der Waals surface area contributed by atoms with E-state index in [-0.39, 0.29) is 5.91 Å². The zero-order valence-electron chi connectivity index (χ0n) is 12.9. The summed E-state index contributed by atoms with van der Waals surface area (Å²) in [5, 5.41) is 4.54. The van der Waals surface area contributed by atoms with Gasteiger partial charge in [-0.15, -0.1) is 11.3 Å². The molecule has 3 aromatic rings. The Kier molecular flexibility index (Phi) is 4.91. The van der Waals surface area contributed by atoms with Crippen molar-refractivity contribution in [3.63, 3.8) is 0 Å². The van der Waals surface area contributed by atoms with E-state index >= 15 is 0 Å². The molecular weight excluding hydrogens is 340 g/mol. The number of carbonyl (C=O) groups excluding carboxylic acids is 3. The summed E-state index contributed by atoms with van der Waals surface area (Å²) in [6.07, 6.45) is 1.61. The lowest BCUT2D eigenvalue weighted by atomic mass is 10.2. The SMILES string of the molecule is O=C(NNC(=O)c1ccc[nH]1)c1cccc(NC(=O)c2cccs2)c1. The summed E-state index contributed by atoms with van der Waals surface area (Å²) in [5.74, 6) is -1.19. The fourth-order valence-electron chi connectivity index (χ4n) is 2.06. The maximum Gasteiger partial charge on any atom is 0.286 e. The number of hydrogen-bond donors (Lipinski definition) is 4. The smallest absolute Gasteiger partial charge is 0.286 e. The number of rotatable bonds is 4. The number of thiophene rings is 1. The summed E-state index contributed by atoms with van der Waals surface area (Å²) < 4.78 is 0. The predicted molar refractivity (Wildman–Crippen MR) is 94.4 cm³/mol. The van der Waals surface area contributed by atoms with E-state index < -0.39 is 11.8 Å². The highest BCUT2D eigenvalue weighted by Crippen LogP contribution is 2.14. The van der Waals surface area contributed by atoms with Crippen LogP contribution in [0, 0.1) is 0 Å². The third-order valence-corrected chi connectivity index (χ3v) is 4.13. The molecular formula is C17H14N4O3S. The standard InChI is InChI=1S/C17H14N4O3S/c22-15(20-21-16(23)13-6-2-8-18-13)11-4-1-5-12(10-11)19-17(24)14-7-3-9-25-14/h1-10,18H,(H,19,24)(H,20,22)(H,21,23). The van der Waals surface area contributed by atoms with Crippen molar-refractivity contribution in [1.29, 1.82) is 0 Å². The fourth-order valence-corrected chi connectivity index (χ4v) is 2.68. The molecule has 3 rings (SSSR count). The van der Waals surface area contributed by atoms with Gasteiger partial charge in [-0.2, -0.15) is 0 Å². The molecule has 0 unspecified atom stereocenters. The number of aromatic nitrogens is 1. The molecule has 8 heteroatoms. The maximum absolute atomic E-state index is 12.1. The van der Waals surface area contributed by atoms with Gasteiger partial charge in [-0.05, 0) is 41.8 Å². The van der Waals surface area contributed by atoms with Crippen molar-refractivity contribution in [3.8, 4) is 0 Å². The molecule has 0 saturated heterocycles. The summed E-state index contributed by atoms with van der Waals surface area (Å²) in [7, 11) is 0. The van der Waals surface area contributed by atoms with E-state index in [0.29, 0.717) is 21.8 Å². The van der Waals surface area contributed by atoms with Crippen LogP contribution in [0.25, 0.3) is 0 Å². The average molecular weight is 354 g/mol. The van der Waals surface area contributed by atoms with Crippen molar-refractivity contribution in [2.45, 2.75) is 0 Å². The number of carbonyl (C=O) groups is 3. The Morgan fingerprint density at radius 3 is 2.44 bits per heavy atom. The van der Waals surface area contributed by atoms with Gasteiger partial charge in [0.15, 0.2) is 0 Å². The number of aromatic amines is 1. The number of amides is 3. The van der Waals surface area contributed by atoms with Crippen LogP contribution in [0.4, 0.5) is 5.69 Å². The summed E-state index contributed by atoms with van der Waals surface area (Å²) >= 11 is 1.33. The Morgan fingerprint density at radius 1 is 0.880 bits per heavy atom.